The summed E-state index contributed by atoms with van der Waals surface area (Å²) in [4.78, 5) is 15.7. The van der Waals surface area contributed by atoms with Gasteiger partial charge < -0.3 is 5.32 Å². The Balaban J connectivity index is 2.08. The lowest BCUT2D eigenvalue weighted by atomic mass is 10.2. The molecule has 0 saturated carbocycles. The molecule has 0 radical (unpaired) electrons. The molecule has 1 N–H and O–H groups in total. The third-order valence-electron chi connectivity index (χ3n) is 3.42. The second-order valence-corrected chi connectivity index (χ2v) is 5.38. The van der Waals surface area contributed by atoms with Gasteiger partial charge in [0.05, 0.1) is 5.69 Å². The maximum Gasteiger partial charge on any atom is 0.236 e. The minimum atomic E-state index is -0.444. The van der Waals surface area contributed by atoms with Gasteiger partial charge in [0, 0.05) is 12.6 Å². The summed E-state index contributed by atoms with van der Waals surface area (Å²) >= 11 is 3.79. The van der Waals surface area contributed by atoms with Gasteiger partial charge in [-0.2, -0.15) is 14.9 Å². The zero-order valence-corrected chi connectivity index (χ0v) is 13.2. The van der Waals surface area contributed by atoms with Crippen LogP contribution >= 0.6 is 12.6 Å². The third-order valence-corrected chi connectivity index (χ3v) is 3.65. The van der Waals surface area contributed by atoms with E-state index in [1.165, 1.54) is 4.52 Å². The first kappa shape index (κ1) is 15.1. The quantitative estimate of drug-likeness (QED) is 0.721. The van der Waals surface area contributed by atoms with Crippen LogP contribution in [0.15, 0.2) is 36.4 Å². The molecule has 0 spiro atoms. The molecule has 6 nitrogen and oxygen atoms in total. The van der Waals surface area contributed by atoms with E-state index in [4.69, 9.17) is 0 Å². The number of nitrogens with one attached hydrogen (secondary N) is 1. The van der Waals surface area contributed by atoms with E-state index in [2.05, 4.69) is 34.1 Å². The molecule has 0 saturated heterocycles. The van der Waals surface area contributed by atoms with Crippen LogP contribution in [0.2, 0.25) is 0 Å². The molecule has 0 amide bonds. The molecule has 2 heterocycles. The van der Waals surface area contributed by atoms with Gasteiger partial charge >= 0.3 is 0 Å². The topological polar surface area (TPSA) is 83.1 Å². The minimum Gasteiger partial charge on any atom is -0.365 e. The number of anilines is 1. The Morgan fingerprint density at radius 3 is 2.78 bits per heavy atom. The molecule has 3 aromatic rings. The van der Waals surface area contributed by atoms with E-state index in [1.807, 2.05) is 30.3 Å². The van der Waals surface area contributed by atoms with E-state index in [0.29, 0.717) is 29.3 Å². The fourth-order valence-corrected chi connectivity index (χ4v) is 2.41. The number of aryl methyl sites for hydroxylation is 1. The maximum atomic E-state index is 11.4. The highest BCUT2D eigenvalue weighted by molar-refractivity contribution is 7.97. The molecule has 2 aromatic heterocycles. The van der Waals surface area contributed by atoms with Crippen molar-refractivity contribution in [1.82, 2.24) is 14.6 Å². The van der Waals surface area contributed by atoms with Crippen LogP contribution in [-0.4, -0.2) is 19.7 Å². The Labute approximate surface area is 138 Å². The standard InChI is InChI=1S/C16H13N5OS/c1-10-12(8-17)15(18-9-11-5-3-2-4-6-11)21-14(19-10)7-13(20-21)16(22)23/h2-7,18H,9H2,1H3,(H,22,23). The summed E-state index contributed by atoms with van der Waals surface area (Å²) in [5.74, 6) is 0.514. The van der Waals surface area contributed by atoms with Crippen molar-refractivity contribution in [2.24, 2.45) is 0 Å². The lowest BCUT2D eigenvalue weighted by Gasteiger charge is -2.11. The average Bonchev–Trinajstić information content (AvgIpc) is 2.97. The number of carbonyl (C=O) groups is 1. The second kappa shape index (κ2) is 6.10. The number of carbonyl (C=O) groups excluding carboxylic acids is 1. The molecule has 0 aliphatic heterocycles. The highest BCUT2D eigenvalue weighted by Crippen LogP contribution is 2.21. The van der Waals surface area contributed by atoms with Gasteiger partial charge in [0.2, 0.25) is 5.12 Å². The van der Waals surface area contributed by atoms with Crippen LogP contribution in [0, 0.1) is 18.3 Å². The molecule has 23 heavy (non-hydrogen) atoms. The summed E-state index contributed by atoms with van der Waals surface area (Å²) in [5.41, 5.74) is 2.73. The molecule has 0 atom stereocenters. The number of rotatable bonds is 4. The molecular weight excluding hydrogens is 310 g/mol. The molecule has 0 unspecified atom stereocenters. The SMILES string of the molecule is Cc1nc2cc(C(=O)S)nn2c(NCc2ccccc2)c1C#N. The number of hydrogen-bond donors (Lipinski definition) is 2. The summed E-state index contributed by atoms with van der Waals surface area (Å²) < 4.78 is 1.47. The van der Waals surface area contributed by atoms with Gasteiger partial charge in [0.1, 0.15) is 23.1 Å². The normalized spacial score (nSPS) is 10.5. The Morgan fingerprint density at radius 1 is 1.39 bits per heavy atom. The lowest BCUT2D eigenvalue weighted by Crippen LogP contribution is -2.10. The molecule has 0 aliphatic rings. The van der Waals surface area contributed by atoms with Crippen LogP contribution < -0.4 is 5.32 Å². The van der Waals surface area contributed by atoms with Crippen molar-refractivity contribution in [3.63, 3.8) is 0 Å². The second-order valence-electron chi connectivity index (χ2n) is 4.98. The predicted molar refractivity (Wildman–Crippen MR) is 89.5 cm³/mol. The maximum absolute atomic E-state index is 11.4. The van der Waals surface area contributed by atoms with Crippen LogP contribution in [0.25, 0.3) is 5.65 Å². The van der Waals surface area contributed by atoms with E-state index in [-0.39, 0.29) is 5.69 Å². The van der Waals surface area contributed by atoms with Crippen molar-refractivity contribution in [2.75, 3.05) is 5.32 Å². The van der Waals surface area contributed by atoms with Crippen LogP contribution in [0.4, 0.5) is 5.82 Å². The van der Waals surface area contributed by atoms with Crippen molar-refractivity contribution in [1.29, 1.82) is 5.26 Å². The van der Waals surface area contributed by atoms with Crippen molar-refractivity contribution in [3.8, 4) is 6.07 Å². The first-order chi connectivity index (χ1) is 11.1. The first-order valence-corrected chi connectivity index (χ1v) is 7.36. The van der Waals surface area contributed by atoms with Gasteiger partial charge in [-0.15, -0.1) is 0 Å². The van der Waals surface area contributed by atoms with Gasteiger partial charge in [0.25, 0.3) is 0 Å². The van der Waals surface area contributed by atoms with Crippen LogP contribution in [0.3, 0.4) is 0 Å². The van der Waals surface area contributed by atoms with E-state index >= 15 is 0 Å². The smallest absolute Gasteiger partial charge is 0.236 e. The zero-order valence-electron chi connectivity index (χ0n) is 12.3. The number of nitriles is 1. The third kappa shape index (κ3) is 2.89. The molecule has 0 bridgehead atoms. The lowest BCUT2D eigenvalue weighted by molar-refractivity contribution is 0.108. The summed E-state index contributed by atoms with van der Waals surface area (Å²) in [7, 11) is 0. The van der Waals surface area contributed by atoms with Crippen molar-refractivity contribution >= 4 is 29.2 Å². The first-order valence-electron chi connectivity index (χ1n) is 6.91. The Morgan fingerprint density at radius 2 is 2.13 bits per heavy atom. The van der Waals surface area contributed by atoms with E-state index < -0.39 is 5.12 Å². The monoisotopic (exact) mass is 323 g/mol. The highest BCUT2D eigenvalue weighted by atomic mass is 32.1. The molecule has 1 aromatic carbocycles. The number of benzene rings is 1. The van der Waals surface area contributed by atoms with E-state index in [9.17, 15) is 10.1 Å². The van der Waals surface area contributed by atoms with E-state index in [0.717, 1.165) is 5.56 Å². The summed E-state index contributed by atoms with van der Waals surface area (Å²) in [5, 5.41) is 16.4. The summed E-state index contributed by atoms with van der Waals surface area (Å²) in [6.07, 6.45) is 0. The Kier molecular flexibility index (Phi) is 4.00. The molecule has 114 valence electrons. The molecule has 0 fully saturated rings. The van der Waals surface area contributed by atoms with Gasteiger partial charge in [-0.1, -0.05) is 43.0 Å². The van der Waals surface area contributed by atoms with Crippen LogP contribution in [0.5, 0.6) is 0 Å². The Hall–Kier alpha value is -2.85. The average molecular weight is 323 g/mol. The molecule has 7 heteroatoms. The number of nitrogens with zero attached hydrogens (tertiary/aromatic N) is 4. The number of hydrogen-bond acceptors (Lipinski definition) is 5. The van der Waals surface area contributed by atoms with E-state index in [1.54, 1.807) is 13.0 Å². The highest BCUT2D eigenvalue weighted by Gasteiger charge is 2.16. The number of aromatic nitrogens is 3. The number of fused-ring (bicyclic) bond motifs is 1. The van der Waals surface area contributed by atoms with Crippen LogP contribution in [-0.2, 0) is 6.54 Å². The van der Waals surface area contributed by atoms with Crippen LogP contribution in [0.1, 0.15) is 27.3 Å². The zero-order chi connectivity index (χ0) is 16.4. The minimum absolute atomic E-state index is 0.193. The van der Waals surface area contributed by atoms with Crippen molar-refractivity contribution in [2.45, 2.75) is 13.5 Å². The fraction of sp³-hybridized carbons (Fsp3) is 0.125. The number of thiol groups is 1. The largest absolute Gasteiger partial charge is 0.365 e. The van der Waals surface area contributed by atoms with Gasteiger partial charge in [-0.3, -0.25) is 4.79 Å². The molecule has 0 aliphatic carbocycles. The summed E-state index contributed by atoms with van der Waals surface area (Å²) in [6, 6.07) is 13.5. The van der Waals surface area contributed by atoms with Crippen molar-refractivity contribution in [3.05, 3.63) is 58.9 Å². The van der Waals surface area contributed by atoms with Gasteiger partial charge in [-0.25, -0.2) is 4.98 Å². The predicted octanol–water partition coefficient (Wildman–Crippen LogP) is 2.59. The molecular formula is C16H13N5OS. The van der Waals surface area contributed by atoms with Gasteiger partial charge in [-0.05, 0) is 12.5 Å². The Bertz CT molecular complexity index is 927. The summed E-state index contributed by atoms with van der Waals surface area (Å²) in [6.45, 7) is 2.28. The fourth-order valence-electron chi connectivity index (χ4n) is 2.30. The van der Waals surface area contributed by atoms with Gasteiger partial charge in [0.15, 0.2) is 5.65 Å². The van der Waals surface area contributed by atoms with Crippen molar-refractivity contribution < 1.29 is 4.79 Å². The molecule has 3 rings (SSSR count).